The molecule has 25 heavy (non-hydrogen) atoms. The number of aliphatic carboxylic acids is 2. The molecule has 6 nitrogen and oxygen atoms in total. The lowest BCUT2D eigenvalue weighted by molar-refractivity contribution is -0.193. The van der Waals surface area contributed by atoms with E-state index in [0.29, 0.717) is 5.92 Å². The van der Waals surface area contributed by atoms with Crippen molar-refractivity contribution in [3.63, 3.8) is 0 Å². The minimum absolute atomic E-state index is 0.263. The monoisotopic (exact) mass is 380 g/mol. The number of carbonyl (C=O) groups is 2. The van der Waals surface area contributed by atoms with Crippen LogP contribution in [0.25, 0.3) is 0 Å². The van der Waals surface area contributed by atoms with E-state index in [4.69, 9.17) is 19.8 Å². The predicted molar refractivity (Wildman–Crippen MR) is 67.2 cm³/mol. The number of carboxylic acid groups (broad SMARTS) is 2. The number of nitrogens with zero attached hydrogens (tertiary/aromatic N) is 1. The fraction of sp³-hybridized carbons (Fsp3) is 0.417. The van der Waals surface area contributed by atoms with E-state index in [0.717, 1.165) is 18.8 Å². The van der Waals surface area contributed by atoms with Crippen LogP contribution in [-0.4, -0.2) is 52.6 Å². The Balaban J connectivity index is 0.000000366. The summed E-state index contributed by atoms with van der Waals surface area (Å²) >= 11 is 0. The van der Waals surface area contributed by atoms with Gasteiger partial charge in [-0.3, -0.25) is 4.98 Å². The molecule has 0 spiro atoms. The van der Waals surface area contributed by atoms with Gasteiger partial charge in [-0.25, -0.2) is 14.0 Å². The number of hydrogen-bond donors (Lipinski definition) is 3. The summed E-state index contributed by atoms with van der Waals surface area (Å²) in [6, 6.07) is 3.21. The Morgan fingerprint density at radius 3 is 1.60 bits per heavy atom. The van der Waals surface area contributed by atoms with Crippen molar-refractivity contribution in [1.82, 2.24) is 10.3 Å². The first-order chi connectivity index (χ1) is 11.2. The van der Waals surface area contributed by atoms with Gasteiger partial charge >= 0.3 is 24.3 Å². The molecule has 142 valence electrons. The molecule has 0 atom stereocenters. The summed E-state index contributed by atoms with van der Waals surface area (Å²) in [4.78, 5) is 21.8. The van der Waals surface area contributed by atoms with Crippen molar-refractivity contribution in [3.8, 4) is 0 Å². The number of carboxylic acids is 2. The molecule has 3 N–H and O–H groups in total. The molecular formula is C12H11F7N2O4. The van der Waals surface area contributed by atoms with Crippen LogP contribution in [-0.2, 0) is 9.59 Å². The van der Waals surface area contributed by atoms with Crippen molar-refractivity contribution in [2.75, 3.05) is 13.1 Å². The quantitative estimate of drug-likeness (QED) is 0.646. The number of hydrogen-bond acceptors (Lipinski definition) is 4. The number of rotatable bonds is 1. The minimum atomic E-state index is -5.08. The van der Waals surface area contributed by atoms with Crippen molar-refractivity contribution < 1.29 is 50.5 Å². The Morgan fingerprint density at radius 2 is 1.40 bits per heavy atom. The summed E-state index contributed by atoms with van der Waals surface area (Å²) in [6.45, 7) is 1.94. The molecule has 1 aliphatic heterocycles. The molecule has 0 bridgehead atoms. The van der Waals surface area contributed by atoms with Crippen molar-refractivity contribution in [3.05, 3.63) is 29.8 Å². The van der Waals surface area contributed by atoms with Crippen molar-refractivity contribution in [1.29, 1.82) is 0 Å². The molecule has 1 aliphatic rings. The fourth-order valence-corrected chi connectivity index (χ4v) is 1.13. The van der Waals surface area contributed by atoms with E-state index in [1.807, 2.05) is 0 Å². The predicted octanol–water partition coefficient (Wildman–Crippen LogP) is 2.17. The van der Waals surface area contributed by atoms with Gasteiger partial charge < -0.3 is 15.5 Å². The maximum absolute atomic E-state index is 12.4. The second-order valence-electron chi connectivity index (χ2n) is 4.36. The van der Waals surface area contributed by atoms with Crippen molar-refractivity contribution >= 4 is 11.9 Å². The highest BCUT2D eigenvalue weighted by molar-refractivity contribution is 5.73. The molecule has 0 aromatic carbocycles. The third-order valence-electron chi connectivity index (χ3n) is 2.44. The van der Waals surface area contributed by atoms with Gasteiger partial charge in [0.2, 0.25) is 0 Å². The fourth-order valence-electron chi connectivity index (χ4n) is 1.13. The average molecular weight is 380 g/mol. The van der Waals surface area contributed by atoms with Crippen LogP contribution in [0, 0.1) is 5.82 Å². The van der Waals surface area contributed by atoms with Gasteiger partial charge in [0.25, 0.3) is 0 Å². The van der Waals surface area contributed by atoms with E-state index in [2.05, 4.69) is 10.3 Å². The molecular weight excluding hydrogens is 369 g/mol. The molecule has 1 saturated heterocycles. The van der Waals surface area contributed by atoms with Gasteiger partial charge in [-0.1, -0.05) is 0 Å². The zero-order valence-electron chi connectivity index (χ0n) is 12.0. The van der Waals surface area contributed by atoms with E-state index in [9.17, 15) is 30.7 Å². The van der Waals surface area contributed by atoms with E-state index < -0.39 is 24.3 Å². The molecule has 2 rings (SSSR count). The van der Waals surface area contributed by atoms with Crippen LogP contribution in [0.1, 0.15) is 11.6 Å². The highest BCUT2D eigenvalue weighted by Crippen LogP contribution is 2.16. The summed E-state index contributed by atoms with van der Waals surface area (Å²) in [5, 5.41) is 17.4. The van der Waals surface area contributed by atoms with E-state index in [-0.39, 0.29) is 5.82 Å². The Morgan fingerprint density at radius 1 is 1.00 bits per heavy atom. The van der Waals surface area contributed by atoms with Gasteiger partial charge in [0.15, 0.2) is 0 Å². The third-order valence-corrected chi connectivity index (χ3v) is 2.44. The normalized spacial score (nSPS) is 14.2. The number of halogens is 7. The second kappa shape index (κ2) is 9.15. The summed E-state index contributed by atoms with van der Waals surface area (Å²) in [7, 11) is 0. The zero-order valence-corrected chi connectivity index (χ0v) is 12.0. The Kier molecular flexibility index (Phi) is 8.26. The summed E-state index contributed by atoms with van der Waals surface area (Å²) in [6.07, 6.45) is -8.90. The smallest absolute Gasteiger partial charge is 0.475 e. The molecule has 2 heterocycles. The standard InChI is InChI=1S/C8H9FN2.2C2HF3O2/c9-7-1-2-8(11-5-7)6-3-10-4-6;2*3-2(4,5)1(6)7/h1-2,5-6,10H,3-4H2;2*(H,6,7). The average Bonchev–Trinajstić information content (AvgIpc) is 2.38. The van der Waals surface area contributed by atoms with Crippen LogP contribution >= 0.6 is 0 Å². The van der Waals surface area contributed by atoms with Gasteiger partial charge in [-0.05, 0) is 12.1 Å². The van der Waals surface area contributed by atoms with E-state index in [1.54, 1.807) is 6.07 Å². The number of pyridine rings is 1. The summed E-state index contributed by atoms with van der Waals surface area (Å²) < 4.78 is 75.9. The van der Waals surface area contributed by atoms with Crippen LogP contribution in [0.3, 0.4) is 0 Å². The summed E-state index contributed by atoms with van der Waals surface area (Å²) in [5.74, 6) is -5.28. The van der Waals surface area contributed by atoms with Crippen molar-refractivity contribution in [2.24, 2.45) is 0 Å². The van der Waals surface area contributed by atoms with Crippen LogP contribution in [0.4, 0.5) is 30.7 Å². The van der Waals surface area contributed by atoms with Crippen LogP contribution < -0.4 is 5.32 Å². The maximum atomic E-state index is 12.4. The van der Waals surface area contributed by atoms with Gasteiger partial charge in [0, 0.05) is 24.7 Å². The van der Waals surface area contributed by atoms with E-state index in [1.165, 1.54) is 12.3 Å². The highest BCUT2D eigenvalue weighted by Gasteiger charge is 2.38. The lowest BCUT2D eigenvalue weighted by Gasteiger charge is -2.26. The Hall–Kier alpha value is -2.44. The molecule has 0 aliphatic carbocycles. The van der Waals surface area contributed by atoms with Crippen molar-refractivity contribution in [2.45, 2.75) is 18.3 Å². The largest absolute Gasteiger partial charge is 0.490 e. The van der Waals surface area contributed by atoms with Gasteiger partial charge in [0.1, 0.15) is 5.82 Å². The Labute approximate surface area is 135 Å². The first kappa shape index (κ1) is 22.6. The third kappa shape index (κ3) is 9.44. The first-order valence-corrected chi connectivity index (χ1v) is 6.17. The molecule has 1 aromatic heterocycles. The van der Waals surface area contributed by atoms with Gasteiger partial charge in [-0.15, -0.1) is 0 Å². The second-order valence-corrected chi connectivity index (χ2v) is 4.36. The summed E-state index contributed by atoms with van der Waals surface area (Å²) in [5.41, 5.74) is 0.991. The van der Waals surface area contributed by atoms with Gasteiger partial charge in [0.05, 0.1) is 6.20 Å². The molecule has 1 fully saturated rings. The highest BCUT2D eigenvalue weighted by atomic mass is 19.4. The first-order valence-electron chi connectivity index (χ1n) is 6.17. The minimum Gasteiger partial charge on any atom is -0.475 e. The Bertz CT molecular complexity index is 544. The number of aromatic nitrogens is 1. The van der Waals surface area contributed by atoms with E-state index >= 15 is 0 Å². The SMILES string of the molecule is Fc1ccc(C2CNC2)nc1.O=C(O)C(F)(F)F.O=C(O)C(F)(F)F. The van der Waals surface area contributed by atoms with Crippen LogP contribution in [0.2, 0.25) is 0 Å². The van der Waals surface area contributed by atoms with Crippen LogP contribution in [0.5, 0.6) is 0 Å². The topological polar surface area (TPSA) is 99.5 Å². The maximum Gasteiger partial charge on any atom is 0.490 e. The molecule has 1 aromatic rings. The number of alkyl halides is 6. The molecule has 13 heteroatoms. The molecule has 0 amide bonds. The molecule has 0 unspecified atom stereocenters. The molecule has 0 saturated carbocycles. The lowest BCUT2D eigenvalue weighted by Crippen LogP contribution is -2.40. The van der Waals surface area contributed by atoms with Gasteiger partial charge in [-0.2, -0.15) is 26.3 Å². The molecule has 0 radical (unpaired) electrons. The van der Waals surface area contributed by atoms with Crippen LogP contribution in [0.15, 0.2) is 18.3 Å². The zero-order chi connectivity index (χ0) is 19.8. The lowest BCUT2D eigenvalue weighted by atomic mass is 9.99. The number of nitrogens with one attached hydrogen (secondary N) is 1.